The summed E-state index contributed by atoms with van der Waals surface area (Å²) in [4.78, 5) is 30.4. The summed E-state index contributed by atoms with van der Waals surface area (Å²) in [5.74, 6) is -0.430. The first-order chi connectivity index (χ1) is 17.8. The second kappa shape index (κ2) is 10.8. The molecule has 0 aliphatic carbocycles. The number of aliphatic hydroxyl groups is 1. The Kier molecular flexibility index (Phi) is 7.53. The molecule has 1 heterocycles. The highest BCUT2D eigenvalue weighted by Crippen LogP contribution is 2.43. The molecule has 1 unspecified atom stereocenters. The van der Waals surface area contributed by atoms with E-state index in [2.05, 4.69) is 0 Å². The monoisotopic (exact) mass is 500 g/mol. The van der Waals surface area contributed by atoms with E-state index in [0.29, 0.717) is 34.9 Å². The first kappa shape index (κ1) is 25.8. The lowest BCUT2D eigenvalue weighted by Crippen LogP contribution is -2.29. The van der Waals surface area contributed by atoms with Crippen molar-refractivity contribution in [2.24, 2.45) is 0 Å². The van der Waals surface area contributed by atoms with Gasteiger partial charge in [-0.2, -0.15) is 0 Å². The predicted molar refractivity (Wildman–Crippen MR) is 146 cm³/mol. The van der Waals surface area contributed by atoms with Crippen LogP contribution in [-0.2, 0) is 9.59 Å². The molecule has 0 radical (unpaired) electrons. The summed E-state index contributed by atoms with van der Waals surface area (Å²) in [5.41, 5.74) is 3.42. The number of carbonyl (C=O) groups excluding carboxylic acids is 2. The fraction of sp³-hybridized carbons (Fsp3) is 0.267. The van der Waals surface area contributed by atoms with Crippen molar-refractivity contribution in [3.05, 3.63) is 89.0 Å². The van der Waals surface area contributed by atoms with Crippen molar-refractivity contribution in [3.63, 3.8) is 0 Å². The van der Waals surface area contributed by atoms with Crippen LogP contribution in [0.15, 0.2) is 72.3 Å². The number of rotatable bonds is 8. The molecule has 3 aromatic rings. The van der Waals surface area contributed by atoms with Gasteiger partial charge in [0.15, 0.2) is 0 Å². The Hall–Kier alpha value is -4.26. The molecule has 37 heavy (non-hydrogen) atoms. The lowest BCUT2D eigenvalue weighted by Gasteiger charge is -2.26. The summed E-state index contributed by atoms with van der Waals surface area (Å²) in [6.45, 7) is 4.37. The lowest BCUT2D eigenvalue weighted by molar-refractivity contribution is -0.132. The average Bonchev–Trinajstić information content (AvgIpc) is 3.17. The molecule has 1 N–H and O–H groups in total. The van der Waals surface area contributed by atoms with E-state index in [9.17, 15) is 14.7 Å². The van der Waals surface area contributed by atoms with Crippen LogP contribution < -0.4 is 19.3 Å². The van der Waals surface area contributed by atoms with Crippen LogP contribution in [0.25, 0.3) is 5.76 Å². The third kappa shape index (κ3) is 5.03. The molecule has 1 aliphatic heterocycles. The van der Waals surface area contributed by atoms with Crippen LogP contribution in [0.2, 0.25) is 0 Å². The summed E-state index contributed by atoms with van der Waals surface area (Å²) in [6.07, 6.45) is 0.841. The van der Waals surface area contributed by atoms with Gasteiger partial charge in [0.25, 0.3) is 11.7 Å². The van der Waals surface area contributed by atoms with Gasteiger partial charge in [0.05, 0.1) is 25.3 Å². The number of methoxy groups -OCH3 is 1. The highest BCUT2D eigenvalue weighted by Gasteiger charge is 2.47. The van der Waals surface area contributed by atoms with Gasteiger partial charge in [-0.3, -0.25) is 14.5 Å². The standard InChI is InChI=1S/C30H32N2O5/c1-6-16-37-24-9-7-8-22(18-24)32-27(20-10-12-21(13-11-20)31(3)4)26(29(34)30(32)35)28(33)25-15-14-23(36-5)17-19(25)2/h7-15,17-18,27,33H,6,16H2,1-5H3/b28-26-. The van der Waals surface area contributed by atoms with E-state index in [1.807, 2.05) is 63.2 Å². The molecule has 1 fully saturated rings. The molecule has 7 nitrogen and oxygen atoms in total. The van der Waals surface area contributed by atoms with Gasteiger partial charge in [0.2, 0.25) is 0 Å². The molecule has 1 amide bonds. The topological polar surface area (TPSA) is 79.3 Å². The van der Waals surface area contributed by atoms with Crippen molar-refractivity contribution in [3.8, 4) is 11.5 Å². The number of ketones is 1. The number of anilines is 2. The van der Waals surface area contributed by atoms with Crippen molar-refractivity contribution >= 4 is 28.8 Å². The zero-order valence-electron chi connectivity index (χ0n) is 21.8. The second-order valence-electron chi connectivity index (χ2n) is 9.18. The summed E-state index contributed by atoms with van der Waals surface area (Å²) >= 11 is 0. The maximum Gasteiger partial charge on any atom is 0.300 e. The van der Waals surface area contributed by atoms with Gasteiger partial charge in [-0.05, 0) is 66.9 Å². The molecule has 0 aromatic heterocycles. The summed E-state index contributed by atoms with van der Waals surface area (Å²) < 4.78 is 11.1. The quantitative estimate of drug-likeness (QED) is 0.251. The highest BCUT2D eigenvalue weighted by molar-refractivity contribution is 6.51. The molecule has 0 spiro atoms. The molecule has 192 valence electrons. The number of aliphatic hydroxyl groups excluding tert-OH is 1. The van der Waals surface area contributed by atoms with Crippen LogP contribution in [0.4, 0.5) is 11.4 Å². The largest absolute Gasteiger partial charge is 0.507 e. The Labute approximate surface area is 217 Å². The number of Topliss-reactive ketones (excluding diaryl/α,β-unsaturated/α-hetero) is 1. The van der Waals surface area contributed by atoms with E-state index >= 15 is 0 Å². The van der Waals surface area contributed by atoms with Gasteiger partial charge in [-0.25, -0.2) is 0 Å². The van der Waals surface area contributed by atoms with Gasteiger partial charge in [0.1, 0.15) is 17.3 Å². The minimum Gasteiger partial charge on any atom is -0.507 e. The molecule has 1 aliphatic rings. The van der Waals surface area contributed by atoms with Crippen molar-refractivity contribution in [2.45, 2.75) is 26.3 Å². The van der Waals surface area contributed by atoms with Crippen LogP contribution in [0.3, 0.4) is 0 Å². The molecule has 0 saturated carbocycles. The molecule has 3 aromatic carbocycles. The van der Waals surface area contributed by atoms with E-state index in [-0.39, 0.29) is 11.3 Å². The Morgan fingerprint density at radius 2 is 1.73 bits per heavy atom. The van der Waals surface area contributed by atoms with Crippen LogP contribution in [0.5, 0.6) is 11.5 Å². The minimum absolute atomic E-state index is 0.0377. The maximum atomic E-state index is 13.5. The lowest BCUT2D eigenvalue weighted by atomic mass is 9.93. The van der Waals surface area contributed by atoms with Crippen LogP contribution >= 0.6 is 0 Å². The zero-order chi connectivity index (χ0) is 26.7. The van der Waals surface area contributed by atoms with Gasteiger partial charge >= 0.3 is 0 Å². The van der Waals surface area contributed by atoms with Crippen molar-refractivity contribution < 1.29 is 24.2 Å². The second-order valence-corrected chi connectivity index (χ2v) is 9.18. The Morgan fingerprint density at radius 1 is 1.00 bits per heavy atom. The van der Waals surface area contributed by atoms with Crippen LogP contribution in [0.1, 0.15) is 36.1 Å². The minimum atomic E-state index is -0.820. The predicted octanol–water partition coefficient (Wildman–Crippen LogP) is 5.48. The number of hydrogen-bond donors (Lipinski definition) is 1. The smallest absolute Gasteiger partial charge is 0.300 e. The van der Waals surface area contributed by atoms with E-state index in [0.717, 1.165) is 17.7 Å². The molecular formula is C30H32N2O5. The number of nitrogens with zero attached hydrogens (tertiary/aromatic N) is 2. The third-order valence-corrected chi connectivity index (χ3v) is 6.43. The molecular weight excluding hydrogens is 468 g/mol. The summed E-state index contributed by atoms with van der Waals surface area (Å²) in [7, 11) is 5.44. The molecule has 7 heteroatoms. The van der Waals surface area contributed by atoms with Gasteiger partial charge in [-0.15, -0.1) is 0 Å². The van der Waals surface area contributed by atoms with Crippen molar-refractivity contribution in [1.82, 2.24) is 0 Å². The van der Waals surface area contributed by atoms with Crippen LogP contribution in [-0.4, -0.2) is 44.6 Å². The Bertz CT molecular complexity index is 1340. The summed E-state index contributed by atoms with van der Waals surface area (Å²) in [5, 5.41) is 11.5. The maximum absolute atomic E-state index is 13.5. The van der Waals surface area contributed by atoms with Crippen molar-refractivity contribution in [1.29, 1.82) is 0 Å². The summed E-state index contributed by atoms with van der Waals surface area (Å²) in [6, 6.07) is 19.1. The normalized spacial score (nSPS) is 16.7. The van der Waals surface area contributed by atoms with Gasteiger partial charge < -0.3 is 19.5 Å². The first-order valence-corrected chi connectivity index (χ1v) is 12.2. The molecule has 1 atom stereocenters. The third-order valence-electron chi connectivity index (χ3n) is 6.43. The van der Waals surface area contributed by atoms with Gasteiger partial charge in [0, 0.05) is 37.1 Å². The first-order valence-electron chi connectivity index (χ1n) is 12.2. The molecule has 0 bridgehead atoms. The van der Waals surface area contributed by atoms with Crippen LogP contribution in [0, 0.1) is 6.92 Å². The number of hydrogen-bond acceptors (Lipinski definition) is 6. The fourth-order valence-electron chi connectivity index (χ4n) is 4.49. The average molecular weight is 501 g/mol. The molecule has 1 saturated heterocycles. The number of ether oxygens (including phenoxy) is 2. The number of amides is 1. The number of carbonyl (C=O) groups is 2. The van der Waals surface area contributed by atoms with E-state index in [1.165, 1.54) is 4.90 Å². The Morgan fingerprint density at radius 3 is 2.35 bits per heavy atom. The number of aryl methyl sites for hydroxylation is 1. The fourth-order valence-corrected chi connectivity index (χ4v) is 4.49. The van der Waals surface area contributed by atoms with E-state index in [4.69, 9.17) is 9.47 Å². The number of benzene rings is 3. The Balaban J connectivity index is 1.90. The van der Waals surface area contributed by atoms with E-state index < -0.39 is 17.7 Å². The highest BCUT2D eigenvalue weighted by atomic mass is 16.5. The van der Waals surface area contributed by atoms with Crippen molar-refractivity contribution in [2.75, 3.05) is 37.6 Å². The van der Waals surface area contributed by atoms with Gasteiger partial charge in [-0.1, -0.05) is 25.1 Å². The zero-order valence-corrected chi connectivity index (χ0v) is 21.8. The SMILES string of the molecule is CCCOc1cccc(N2C(=O)C(=O)/C(=C(\O)c3ccc(OC)cc3C)C2c2ccc(N(C)C)cc2)c1. The van der Waals surface area contributed by atoms with E-state index in [1.54, 1.807) is 43.5 Å². The molecule has 4 rings (SSSR count).